The van der Waals surface area contributed by atoms with Crippen LogP contribution in [0.3, 0.4) is 0 Å². The molecule has 0 radical (unpaired) electrons. The second-order valence-electron chi connectivity index (χ2n) is 7.52. The third-order valence-electron chi connectivity index (χ3n) is 5.69. The van der Waals surface area contributed by atoms with E-state index in [0.29, 0.717) is 6.42 Å². The molecule has 0 aliphatic heterocycles. The van der Waals surface area contributed by atoms with Crippen LogP contribution in [0.2, 0.25) is 0 Å². The van der Waals surface area contributed by atoms with Gasteiger partial charge in [0.1, 0.15) is 6.10 Å². The Morgan fingerprint density at radius 2 is 1.21 bits per heavy atom. The molecule has 0 aliphatic carbocycles. The topological polar surface area (TPSA) is 92.3 Å². The summed E-state index contributed by atoms with van der Waals surface area (Å²) in [6, 6.07) is 16.3. The van der Waals surface area contributed by atoms with E-state index in [1.54, 1.807) is 0 Å². The number of nitrogens with one attached hydrogen (secondary N) is 2. The third kappa shape index (κ3) is 3.11. The van der Waals surface area contributed by atoms with E-state index in [1.807, 2.05) is 50.2 Å². The predicted molar refractivity (Wildman–Crippen MR) is 112 cm³/mol. The van der Waals surface area contributed by atoms with Crippen molar-refractivity contribution in [2.45, 2.75) is 38.4 Å². The van der Waals surface area contributed by atoms with Crippen LogP contribution in [0.1, 0.15) is 34.9 Å². The van der Waals surface area contributed by atoms with E-state index >= 15 is 0 Å². The van der Waals surface area contributed by atoms with E-state index in [9.17, 15) is 15.3 Å². The molecule has 2 aromatic carbocycles. The smallest absolute Gasteiger partial charge is 0.103 e. The monoisotopic (exact) mass is 378 g/mol. The Kier molecular flexibility index (Phi) is 4.98. The summed E-state index contributed by atoms with van der Waals surface area (Å²) in [4.78, 5) is 6.90. The molecule has 0 aliphatic rings. The maximum atomic E-state index is 10.6. The van der Waals surface area contributed by atoms with Crippen molar-refractivity contribution in [2.24, 2.45) is 0 Å². The predicted octanol–water partition coefficient (Wildman–Crippen LogP) is 3.50. The van der Waals surface area contributed by atoms with Gasteiger partial charge in [0.15, 0.2) is 0 Å². The number of aliphatic hydroxyl groups excluding tert-OH is 3. The van der Waals surface area contributed by atoms with Gasteiger partial charge in [0.2, 0.25) is 0 Å². The van der Waals surface area contributed by atoms with E-state index < -0.39 is 18.8 Å². The number of aromatic amines is 2. The summed E-state index contributed by atoms with van der Waals surface area (Å²) in [6.07, 6.45) is -1.89. The molecule has 0 unspecified atom stereocenters. The van der Waals surface area contributed by atoms with Crippen molar-refractivity contribution in [1.82, 2.24) is 9.97 Å². The molecule has 5 nitrogen and oxygen atoms in total. The molecule has 4 rings (SSSR count). The Labute approximate surface area is 163 Å². The van der Waals surface area contributed by atoms with Gasteiger partial charge < -0.3 is 25.3 Å². The zero-order chi connectivity index (χ0) is 19.8. The van der Waals surface area contributed by atoms with Gasteiger partial charge in [-0.25, -0.2) is 0 Å². The minimum atomic E-state index is -1.17. The van der Waals surface area contributed by atoms with Crippen LogP contribution >= 0.6 is 0 Å². The molecule has 0 saturated heterocycles. The molecule has 2 atom stereocenters. The fraction of sp³-hybridized carbons (Fsp3) is 0.304. The zero-order valence-electron chi connectivity index (χ0n) is 16.1. The lowest BCUT2D eigenvalue weighted by atomic mass is 9.82. The molecular formula is C23H26N2O3. The number of aryl methyl sites for hydroxylation is 2. The minimum absolute atomic E-state index is 0.136. The number of hydrogen-bond acceptors (Lipinski definition) is 3. The van der Waals surface area contributed by atoms with Crippen LogP contribution in [0.25, 0.3) is 21.8 Å². The lowest BCUT2D eigenvalue weighted by Gasteiger charge is -2.24. The van der Waals surface area contributed by atoms with Crippen molar-refractivity contribution >= 4 is 21.8 Å². The van der Waals surface area contributed by atoms with Crippen LogP contribution in [0.5, 0.6) is 0 Å². The summed E-state index contributed by atoms with van der Waals surface area (Å²) in [5.41, 5.74) is 6.42. The number of para-hydroxylation sites is 2. The van der Waals surface area contributed by atoms with Gasteiger partial charge in [0.25, 0.3) is 0 Å². The average Bonchev–Trinajstić information content (AvgIpc) is 3.20. The maximum Gasteiger partial charge on any atom is 0.103 e. The summed E-state index contributed by atoms with van der Waals surface area (Å²) in [5.74, 6) is -0.136. The number of H-pyrrole nitrogens is 2. The Balaban J connectivity index is 1.94. The summed E-state index contributed by atoms with van der Waals surface area (Å²) in [5, 5.41) is 32.1. The molecule has 0 amide bonds. The van der Waals surface area contributed by atoms with E-state index in [4.69, 9.17) is 0 Å². The second-order valence-corrected chi connectivity index (χ2v) is 7.52. The Bertz CT molecular complexity index is 1030. The van der Waals surface area contributed by atoms with Crippen LogP contribution in [0.15, 0.2) is 48.5 Å². The van der Waals surface area contributed by atoms with E-state index in [1.165, 1.54) is 0 Å². The third-order valence-corrected chi connectivity index (χ3v) is 5.69. The molecule has 4 aromatic rings. The largest absolute Gasteiger partial charge is 0.394 e. The lowest BCUT2D eigenvalue weighted by molar-refractivity contribution is -0.0191. The highest BCUT2D eigenvalue weighted by Crippen LogP contribution is 2.41. The van der Waals surface area contributed by atoms with Crippen molar-refractivity contribution in [3.8, 4) is 0 Å². The van der Waals surface area contributed by atoms with E-state index in [2.05, 4.69) is 22.1 Å². The van der Waals surface area contributed by atoms with Gasteiger partial charge >= 0.3 is 0 Å². The quantitative estimate of drug-likeness (QED) is 0.356. The van der Waals surface area contributed by atoms with Gasteiger partial charge in [0.05, 0.1) is 12.7 Å². The first-order chi connectivity index (χ1) is 13.5. The summed E-state index contributed by atoms with van der Waals surface area (Å²) in [7, 11) is 0. The van der Waals surface area contributed by atoms with E-state index in [0.717, 1.165) is 44.3 Å². The molecule has 0 saturated carbocycles. The van der Waals surface area contributed by atoms with Gasteiger partial charge in [-0.2, -0.15) is 0 Å². The van der Waals surface area contributed by atoms with Crippen LogP contribution in [0.4, 0.5) is 0 Å². The average molecular weight is 378 g/mol. The Morgan fingerprint density at radius 3 is 1.68 bits per heavy atom. The molecule has 0 fully saturated rings. The molecule has 5 N–H and O–H groups in total. The Morgan fingerprint density at radius 1 is 0.750 bits per heavy atom. The van der Waals surface area contributed by atoms with Crippen molar-refractivity contribution in [1.29, 1.82) is 0 Å². The number of hydrogen-bond donors (Lipinski definition) is 5. The molecule has 5 heteroatoms. The highest BCUT2D eigenvalue weighted by molar-refractivity contribution is 5.89. The fourth-order valence-corrected chi connectivity index (χ4v) is 4.40. The molecule has 28 heavy (non-hydrogen) atoms. The van der Waals surface area contributed by atoms with Crippen molar-refractivity contribution in [3.05, 3.63) is 71.0 Å². The molecular weight excluding hydrogens is 352 g/mol. The number of aromatic nitrogens is 2. The van der Waals surface area contributed by atoms with Gasteiger partial charge in [-0.3, -0.25) is 0 Å². The van der Waals surface area contributed by atoms with Crippen molar-refractivity contribution in [2.75, 3.05) is 6.61 Å². The van der Waals surface area contributed by atoms with Crippen LogP contribution < -0.4 is 0 Å². The van der Waals surface area contributed by atoms with Crippen molar-refractivity contribution < 1.29 is 15.3 Å². The Hall–Kier alpha value is -2.60. The molecule has 0 bridgehead atoms. The first-order valence-corrected chi connectivity index (χ1v) is 9.62. The van der Waals surface area contributed by atoms with Gasteiger partial charge in [-0.05, 0) is 43.5 Å². The molecule has 0 spiro atoms. The maximum absolute atomic E-state index is 10.6. The number of aliphatic hydroxyl groups is 3. The number of benzene rings is 2. The zero-order valence-corrected chi connectivity index (χ0v) is 16.1. The van der Waals surface area contributed by atoms with Crippen molar-refractivity contribution in [3.63, 3.8) is 0 Å². The van der Waals surface area contributed by atoms with E-state index in [-0.39, 0.29) is 5.92 Å². The first-order valence-electron chi connectivity index (χ1n) is 9.62. The highest BCUT2D eigenvalue weighted by atomic mass is 16.4. The second kappa shape index (κ2) is 7.43. The summed E-state index contributed by atoms with van der Waals surface area (Å²) >= 11 is 0. The molecule has 2 heterocycles. The fourth-order valence-electron chi connectivity index (χ4n) is 4.40. The van der Waals surface area contributed by atoms with Gasteiger partial charge in [-0.15, -0.1) is 0 Å². The highest BCUT2D eigenvalue weighted by Gasteiger charge is 2.29. The van der Waals surface area contributed by atoms with Crippen LogP contribution in [-0.4, -0.2) is 44.1 Å². The number of fused-ring (bicyclic) bond motifs is 2. The van der Waals surface area contributed by atoms with Crippen LogP contribution in [0, 0.1) is 13.8 Å². The lowest BCUT2D eigenvalue weighted by Crippen LogP contribution is -2.31. The normalized spacial score (nSPS) is 14.2. The van der Waals surface area contributed by atoms with Crippen LogP contribution in [-0.2, 0) is 0 Å². The summed E-state index contributed by atoms with van der Waals surface area (Å²) < 4.78 is 0. The minimum Gasteiger partial charge on any atom is -0.394 e. The molecule has 146 valence electrons. The first kappa shape index (κ1) is 18.7. The SMILES string of the molecule is Cc1[nH]c2ccccc2c1C(C[C@H](O)[C@H](O)CO)c1c(C)[nH]c2ccccc12. The van der Waals surface area contributed by atoms with Gasteiger partial charge in [0, 0.05) is 39.1 Å². The molecule has 2 aromatic heterocycles. The summed E-state index contributed by atoms with van der Waals surface area (Å²) in [6.45, 7) is 3.62. The standard InChI is InChI=1S/C23H26N2O3/c1-13-22(15-7-3-5-9-18(15)24-13)17(11-20(27)21(28)12-26)23-14(2)25-19-10-6-4-8-16(19)23/h3-10,17,20-21,24-28H,11-12H2,1-2H3/t20-,21+/m0/s1. The van der Waals surface area contributed by atoms with Gasteiger partial charge in [-0.1, -0.05) is 36.4 Å². The number of rotatable bonds is 6.